The number of benzene rings is 1. The number of nitrogens with two attached hydrogens (primary N) is 1. The Hall–Kier alpha value is -1.55. The summed E-state index contributed by atoms with van der Waals surface area (Å²) >= 11 is 0. The summed E-state index contributed by atoms with van der Waals surface area (Å²) in [5.74, 6) is 1.40. The van der Waals surface area contributed by atoms with Gasteiger partial charge in [0.15, 0.2) is 6.10 Å². The maximum absolute atomic E-state index is 12.5. The Labute approximate surface area is 120 Å². The first-order valence-corrected chi connectivity index (χ1v) is 7.34. The van der Waals surface area contributed by atoms with Crippen molar-refractivity contribution in [1.82, 2.24) is 4.90 Å². The van der Waals surface area contributed by atoms with E-state index >= 15 is 0 Å². The van der Waals surface area contributed by atoms with Crippen molar-refractivity contribution in [1.29, 1.82) is 0 Å². The van der Waals surface area contributed by atoms with Crippen molar-refractivity contribution in [3.63, 3.8) is 0 Å². The highest BCUT2D eigenvalue weighted by Crippen LogP contribution is 2.23. The summed E-state index contributed by atoms with van der Waals surface area (Å²) in [4.78, 5) is 14.4. The Morgan fingerprint density at radius 1 is 1.45 bits per heavy atom. The number of piperidine rings is 1. The number of amides is 1. The van der Waals surface area contributed by atoms with E-state index in [0.717, 1.165) is 25.1 Å². The van der Waals surface area contributed by atoms with Crippen LogP contribution in [0, 0.1) is 5.92 Å². The van der Waals surface area contributed by atoms with Crippen molar-refractivity contribution in [2.75, 3.05) is 13.1 Å². The third-order valence-corrected chi connectivity index (χ3v) is 3.94. The predicted molar refractivity (Wildman–Crippen MR) is 79.5 cm³/mol. The van der Waals surface area contributed by atoms with Gasteiger partial charge < -0.3 is 15.4 Å². The number of ether oxygens (including phenoxy) is 1. The first-order chi connectivity index (χ1) is 9.61. The average Bonchev–Trinajstić information content (AvgIpc) is 2.47. The van der Waals surface area contributed by atoms with Gasteiger partial charge in [0.25, 0.3) is 5.91 Å². The highest BCUT2D eigenvalue weighted by Gasteiger charge is 2.32. The zero-order valence-corrected chi connectivity index (χ0v) is 12.3. The molecular weight excluding hydrogens is 252 g/mol. The molecule has 2 rings (SSSR count). The van der Waals surface area contributed by atoms with Crippen molar-refractivity contribution in [3.8, 4) is 5.75 Å². The van der Waals surface area contributed by atoms with E-state index in [1.807, 2.05) is 35.2 Å². The second kappa shape index (κ2) is 6.75. The Morgan fingerprint density at radius 3 is 2.80 bits per heavy atom. The molecule has 1 saturated heterocycles. The van der Waals surface area contributed by atoms with Crippen LogP contribution in [-0.4, -0.2) is 36.0 Å². The molecule has 1 fully saturated rings. The summed E-state index contributed by atoms with van der Waals surface area (Å²) in [5.41, 5.74) is 5.81. The molecule has 0 saturated carbocycles. The summed E-state index contributed by atoms with van der Waals surface area (Å²) < 4.78 is 5.72. The summed E-state index contributed by atoms with van der Waals surface area (Å²) in [6, 6.07) is 9.60. The number of carbonyl (C=O) groups is 1. The second-order valence-corrected chi connectivity index (χ2v) is 5.62. The van der Waals surface area contributed by atoms with E-state index < -0.39 is 6.10 Å². The molecule has 3 atom stereocenters. The number of hydrogen-bond donors (Lipinski definition) is 1. The van der Waals surface area contributed by atoms with Crippen LogP contribution in [-0.2, 0) is 4.79 Å². The molecule has 1 aliphatic rings. The molecule has 0 bridgehead atoms. The van der Waals surface area contributed by atoms with Crippen LogP contribution in [0.25, 0.3) is 0 Å². The maximum atomic E-state index is 12.5. The molecule has 1 aliphatic heterocycles. The van der Waals surface area contributed by atoms with Gasteiger partial charge in [-0.1, -0.05) is 25.1 Å². The fraction of sp³-hybridized carbons (Fsp3) is 0.562. The smallest absolute Gasteiger partial charge is 0.263 e. The summed E-state index contributed by atoms with van der Waals surface area (Å²) in [5, 5.41) is 0. The van der Waals surface area contributed by atoms with Gasteiger partial charge in [-0.2, -0.15) is 0 Å². The van der Waals surface area contributed by atoms with E-state index in [9.17, 15) is 4.79 Å². The lowest BCUT2D eigenvalue weighted by atomic mass is 9.92. The first-order valence-electron chi connectivity index (χ1n) is 7.34. The van der Waals surface area contributed by atoms with Crippen LogP contribution in [0.1, 0.15) is 26.7 Å². The van der Waals surface area contributed by atoms with Crippen LogP contribution in [0.3, 0.4) is 0 Å². The molecule has 1 amide bonds. The van der Waals surface area contributed by atoms with Gasteiger partial charge in [0.1, 0.15) is 5.75 Å². The molecule has 1 aromatic rings. The zero-order chi connectivity index (χ0) is 14.5. The van der Waals surface area contributed by atoms with E-state index in [1.54, 1.807) is 6.92 Å². The normalized spacial score (nSPS) is 24.2. The van der Waals surface area contributed by atoms with Crippen molar-refractivity contribution >= 4 is 5.91 Å². The average molecular weight is 276 g/mol. The lowest BCUT2D eigenvalue weighted by Crippen LogP contribution is -2.52. The largest absolute Gasteiger partial charge is 0.481 e. The summed E-state index contributed by atoms with van der Waals surface area (Å²) in [7, 11) is 0. The van der Waals surface area contributed by atoms with E-state index in [-0.39, 0.29) is 11.9 Å². The van der Waals surface area contributed by atoms with Gasteiger partial charge in [0, 0.05) is 19.1 Å². The highest BCUT2D eigenvalue weighted by molar-refractivity contribution is 5.81. The quantitative estimate of drug-likeness (QED) is 0.915. The van der Waals surface area contributed by atoms with Crippen molar-refractivity contribution < 1.29 is 9.53 Å². The van der Waals surface area contributed by atoms with Crippen molar-refractivity contribution in [2.24, 2.45) is 11.7 Å². The number of likely N-dealkylation sites (tertiary alicyclic amines) is 1. The van der Waals surface area contributed by atoms with Crippen LogP contribution in [0.4, 0.5) is 0 Å². The van der Waals surface area contributed by atoms with E-state index in [1.165, 1.54) is 0 Å². The molecule has 1 aromatic carbocycles. The molecule has 3 unspecified atom stereocenters. The van der Waals surface area contributed by atoms with Gasteiger partial charge in [0.05, 0.1) is 0 Å². The minimum atomic E-state index is -0.472. The second-order valence-electron chi connectivity index (χ2n) is 5.62. The van der Waals surface area contributed by atoms with Gasteiger partial charge in [-0.25, -0.2) is 0 Å². The van der Waals surface area contributed by atoms with Gasteiger partial charge in [0.2, 0.25) is 0 Å². The van der Waals surface area contributed by atoms with Gasteiger partial charge in [-0.05, 0) is 37.8 Å². The zero-order valence-electron chi connectivity index (χ0n) is 12.3. The van der Waals surface area contributed by atoms with E-state index in [4.69, 9.17) is 10.5 Å². The van der Waals surface area contributed by atoms with Gasteiger partial charge in [-0.15, -0.1) is 0 Å². The Bertz CT molecular complexity index is 435. The molecule has 0 aliphatic carbocycles. The van der Waals surface area contributed by atoms with Crippen LogP contribution in [0.5, 0.6) is 5.75 Å². The topological polar surface area (TPSA) is 55.6 Å². The number of nitrogens with zero attached hydrogens (tertiary/aromatic N) is 1. The minimum absolute atomic E-state index is 0.0382. The van der Waals surface area contributed by atoms with Crippen LogP contribution < -0.4 is 10.5 Å². The lowest BCUT2D eigenvalue weighted by molar-refractivity contribution is -0.142. The molecule has 0 aromatic heterocycles. The first kappa shape index (κ1) is 14.9. The summed E-state index contributed by atoms with van der Waals surface area (Å²) in [6.45, 7) is 5.33. The standard InChI is InChI=1S/C16H24N2O2/c1-12-8-9-18(14(10-12)11-17)16(19)13(2)20-15-6-4-3-5-7-15/h3-7,12-14H,8-11,17H2,1-2H3. The minimum Gasteiger partial charge on any atom is -0.481 e. The van der Waals surface area contributed by atoms with Crippen LogP contribution >= 0.6 is 0 Å². The Balaban J connectivity index is 1.99. The predicted octanol–water partition coefficient (Wildman–Crippen LogP) is 2.04. The molecule has 4 nitrogen and oxygen atoms in total. The molecular formula is C16H24N2O2. The van der Waals surface area contributed by atoms with E-state index in [0.29, 0.717) is 12.5 Å². The monoisotopic (exact) mass is 276 g/mol. The lowest BCUT2D eigenvalue weighted by Gasteiger charge is -2.39. The van der Waals surface area contributed by atoms with Gasteiger partial charge in [-0.3, -0.25) is 4.79 Å². The fourth-order valence-electron chi connectivity index (χ4n) is 2.75. The van der Waals surface area contributed by atoms with E-state index in [2.05, 4.69) is 6.92 Å². The number of hydrogen-bond acceptors (Lipinski definition) is 3. The van der Waals surface area contributed by atoms with Gasteiger partial charge >= 0.3 is 0 Å². The SMILES string of the molecule is CC1CCN(C(=O)C(C)Oc2ccccc2)C(CN)C1. The third kappa shape index (κ3) is 3.51. The number of para-hydroxylation sites is 1. The Kier molecular flexibility index (Phi) is 5.01. The third-order valence-electron chi connectivity index (χ3n) is 3.94. The summed E-state index contributed by atoms with van der Waals surface area (Å²) in [6.07, 6.45) is 1.56. The Morgan fingerprint density at radius 2 is 2.15 bits per heavy atom. The molecule has 110 valence electrons. The molecule has 1 heterocycles. The van der Waals surface area contributed by atoms with Crippen molar-refractivity contribution in [2.45, 2.75) is 38.8 Å². The number of rotatable bonds is 4. The molecule has 2 N–H and O–H groups in total. The highest BCUT2D eigenvalue weighted by atomic mass is 16.5. The van der Waals surface area contributed by atoms with Crippen LogP contribution in [0.15, 0.2) is 30.3 Å². The maximum Gasteiger partial charge on any atom is 0.263 e. The molecule has 0 radical (unpaired) electrons. The molecule has 4 heteroatoms. The van der Waals surface area contributed by atoms with Crippen LogP contribution in [0.2, 0.25) is 0 Å². The fourth-order valence-corrected chi connectivity index (χ4v) is 2.75. The van der Waals surface area contributed by atoms with Crippen molar-refractivity contribution in [3.05, 3.63) is 30.3 Å². The number of carbonyl (C=O) groups excluding carboxylic acids is 1. The molecule has 0 spiro atoms. The molecule has 20 heavy (non-hydrogen) atoms.